The van der Waals surface area contributed by atoms with E-state index >= 15 is 0 Å². The molecule has 1 aliphatic heterocycles. The average Bonchev–Trinajstić information content (AvgIpc) is 3.12. The number of β-amino-alcohol motifs (C(OH)–C–C–N with tert-alkyl or cyclic N) is 1. The van der Waals surface area contributed by atoms with Crippen molar-refractivity contribution in [1.29, 1.82) is 0 Å². The standard InChI is InChI=1S/C31H33N3O2/c35-26(22-36-31-12-4-10-29-28(31)9-5-15-32-29)21-33-16-18-34(19-17-33)30-11-3-8-25-20-24-7-2-1-6-23(24)13-14-27(25)30/h1-12,15,20,23,26,35H,13-14,16-19,21-22H2. The van der Waals surface area contributed by atoms with Gasteiger partial charge in [0.15, 0.2) is 0 Å². The monoisotopic (exact) mass is 479 g/mol. The summed E-state index contributed by atoms with van der Waals surface area (Å²) in [5.74, 6) is 1.30. The molecule has 0 saturated carbocycles. The van der Waals surface area contributed by atoms with Crippen molar-refractivity contribution in [3.63, 3.8) is 0 Å². The summed E-state index contributed by atoms with van der Waals surface area (Å²) in [6, 6.07) is 16.5. The van der Waals surface area contributed by atoms with Crippen LogP contribution in [0.3, 0.4) is 0 Å². The van der Waals surface area contributed by atoms with Crippen LogP contribution in [0.1, 0.15) is 17.5 Å². The first kappa shape index (κ1) is 23.0. The molecule has 2 atom stereocenters. The van der Waals surface area contributed by atoms with E-state index in [-0.39, 0.29) is 6.61 Å². The van der Waals surface area contributed by atoms with Gasteiger partial charge in [-0.1, -0.05) is 48.6 Å². The first-order valence-corrected chi connectivity index (χ1v) is 13.0. The van der Waals surface area contributed by atoms with Crippen LogP contribution in [-0.4, -0.2) is 60.4 Å². The molecule has 1 saturated heterocycles. The third kappa shape index (κ3) is 4.81. The summed E-state index contributed by atoms with van der Waals surface area (Å²) >= 11 is 0. The molecule has 1 aromatic heterocycles. The molecule has 0 bridgehead atoms. The highest BCUT2D eigenvalue weighted by Gasteiger charge is 2.24. The van der Waals surface area contributed by atoms with Gasteiger partial charge in [0.25, 0.3) is 0 Å². The molecule has 1 N–H and O–H groups in total. The minimum absolute atomic E-state index is 0.277. The van der Waals surface area contributed by atoms with Crippen LogP contribution in [-0.2, 0) is 6.42 Å². The summed E-state index contributed by atoms with van der Waals surface area (Å²) in [5, 5.41) is 11.7. The molecule has 0 spiro atoms. The van der Waals surface area contributed by atoms with E-state index in [4.69, 9.17) is 4.74 Å². The Balaban J connectivity index is 1.05. The number of ether oxygens (including phenoxy) is 1. The van der Waals surface area contributed by atoms with Crippen molar-refractivity contribution in [2.75, 3.05) is 44.2 Å². The van der Waals surface area contributed by atoms with Crippen LogP contribution < -0.4 is 9.64 Å². The molecule has 2 aliphatic carbocycles. The molecule has 0 radical (unpaired) electrons. The normalized spacial score (nSPS) is 20.4. The zero-order valence-electron chi connectivity index (χ0n) is 20.6. The van der Waals surface area contributed by atoms with Gasteiger partial charge in [-0.2, -0.15) is 0 Å². The number of pyridine rings is 1. The van der Waals surface area contributed by atoms with Gasteiger partial charge in [0.2, 0.25) is 0 Å². The summed E-state index contributed by atoms with van der Waals surface area (Å²) in [4.78, 5) is 9.26. The zero-order chi connectivity index (χ0) is 24.3. The second-order valence-electron chi connectivity index (χ2n) is 9.96. The Bertz CT molecular complexity index is 1320. The van der Waals surface area contributed by atoms with Gasteiger partial charge in [-0.05, 0) is 59.9 Å². The quantitative estimate of drug-likeness (QED) is 0.547. The van der Waals surface area contributed by atoms with Crippen LogP contribution in [0, 0.1) is 5.92 Å². The molecule has 3 aliphatic rings. The number of hydrogen-bond acceptors (Lipinski definition) is 5. The van der Waals surface area contributed by atoms with E-state index in [0.717, 1.165) is 55.7 Å². The lowest BCUT2D eigenvalue weighted by Gasteiger charge is -2.38. The van der Waals surface area contributed by atoms with E-state index < -0.39 is 6.10 Å². The second kappa shape index (κ2) is 10.3. The lowest BCUT2D eigenvalue weighted by molar-refractivity contribution is 0.0668. The van der Waals surface area contributed by atoms with Crippen molar-refractivity contribution in [2.45, 2.75) is 18.9 Å². The summed E-state index contributed by atoms with van der Waals surface area (Å²) in [6.45, 7) is 4.72. The minimum atomic E-state index is -0.535. The maximum atomic E-state index is 10.7. The first-order valence-electron chi connectivity index (χ1n) is 13.0. The Morgan fingerprint density at radius 2 is 1.89 bits per heavy atom. The zero-order valence-corrected chi connectivity index (χ0v) is 20.6. The molecule has 5 nitrogen and oxygen atoms in total. The second-order valence-corrected chi connectivity index (χ2v) is 9.96. The van der Waals surface area contributed by atoms with Crippen LogP contribution in [0.2, 0.25) is 0 Å². The Morgan fingerprint density at radius 1 is 1.00 bits per heavy atom. The first-order chi connectivity index (χ1) is 17.7. The van der Waals surface area contributed by atoms with Crippen molar-refractivity contribution in [1.82, 2.24) is 9.88 Å². The van der Waals surface area contributed by atoms with Crippen LogP contribution in [0.15, 0.2) is 84.6 Å². The van der Waals surface area contributed by atoms with Gasteiger partial charge in [-0.15, -0.1) is 0 Å². The van der Waals surface area contributed by atoms with Gasteiger partial charge < -0.3 is 14.7 Å². The lowest BCUT2D eigenvalue weighted by atomic mass is 9.91. The highest BCUT2D eigenvalue weighted by molar-refractivity contribution is 5.84. The number of aliphatic hydroxyl groups excluding tert-OH is 1. The van der Waals surface area contributed by atoms with E-state index in [0.29, 0.717) is 12.5 Å². The van der Waals surface area contributed by atoms with E-state index in [2.05, 4.69) is 63.4 Å². The molecule has 2 unspecified atom stereocenters. The SMILES string of the molecule is OC(COc1cccc2ncccc12)CN1CCN(c2cccc3c2CCC2C=CC=CC2=C3)CC1. The van der Waals surface area contributed by atoms with Crippen LogP contribution in [0.5, 0.6) is 5.75 Å². The predicted octanol–water partition coefficient (Wildman–Crippen LogP) is 4.87. The van der Waals surface area contributed by atoms with Crippen molar-refractivity contribution in [3.8, 4) is 5.75 Å². The number of benzene rings is 2. The number of allylic oxidation sites excluding steroid dienone is 5. The number of anilines is 1. The fourth-order valence-electron chi connectivity index (χ4n) is 5.70. The third-order valence-electron chi connectivity index (χ3n) is 7.61. The molecular formula is C31H33N3O2. The van der Waals surface area contributed by atoms with E-state index in [9.17, 15) is 5.11 Å². The molecule has 6 rings (SSSR count). The maximum absolute atomic E-state index is 10.7. The molecule has 3 aromatic rings. The van der Waals surface area contributed by atoms with Gasteiger partial charge >= 0.3 is 0 Å². The molecule has 0 amide bonds. The number of piperazine rings is 1. The molecule has 2 heterocycles. The summed E-state index contributed by atoms with van der Waals surface area (Å²) in [5.41, 5.74) is 6.55. The Hall–Kier alpha value is -3.41. The Kier molecular flexibility index (Phi) is 6.58. The van der Waals surface area contributed by atoms with Crippen LogP contribution in [0.25, 0.3) is 17.0 Å². The van der Waals surface area contributed by atoms with Crippen molar-refractivity contribution in [3.05, 3.63) is 95.7 Å². The molecule has 2 aromatic carbocycles. The van der Waals surface area contributed by atoms with Gasteiger partial charge in [0.1, 0.15) is 18.5 Å². The smallest absolute Gasteiger partial charge is 0.128 e. The molecule has 5 heteroatoms. The van der Waals surface area contributed by atoms with Crippen molar-refractivity contribution >= 4 is 22.7 Å². The number of aromatic nitrogens is 1. The molecule has 36 heavy (non-hydrogen) atoms. The van der Waals surface area contributed by atoms with E-state index in [1.54, 1.807) is 6.20 Å². The largest absolute Gasteiger partial charge is 0.490 e. The number of rotatable bonds is 6. The van der Waals surface area contributed by atoms with Crippen molar-refractivity contribution in [2.24, 2.45) is 5.92 Å². The van der Waals surface area contributed by atoms with Crippen LogP contribution >= 0.6 is 0 Å². The highest BCUT2D eigenvalue weighted by atomic mass is 16.5. The summed E-state index contributed by atoms with van der Waals surface area (Å²) < 4.78 is 5.99. The predicted molar refractivity (Wildman–Crippen MR) is 146 cm³/mol. The number of aliphatic hydroxyl groups is 1. The third-order valence-corrected chi connectivity index (χ3v) is 7.61. The van der Waals surface area contributed by atoms with E-state index in [1.165, 1.54) is 22.4 Å². The Labute approximate surface area is 213 Å². The fourth-order valence-corrected chi connectivity index (χ4v) is 5.70. The molecule has 1 fully saturated rings. The average molecular weight is 480 g/mol. The lowest BCUT2D eigenvalue weighted by Crippen LogP contribution is -2.49. The molecular weight excluding hydrogens is 446 g/mol. The maximum Gasteiger partial charge on any atom is 0.128 e. The van der Waals surface area contributed by atoms with Gasteiger partial charge in [-0.25, -0.2) is 0 Å². The number of fused-ring (bicyclic) bond motifs is 3. The number of nitrogens with zero attached hydrogens (tertiary/aromatic N) is 3. The summed E-state index contributed by atoms with van der Waals surface area (Å²) in [6.07, 6.45) is 14.8. The van der Waals surface area contributed by atoms with Gasteiger partial charge in [-0.3, -0.25) is 9.88 Å². The van der Waals surface area contributed by atoms with Gasteiger partial charge in [0, 0.05) is 55.9 Å². The fraction of sp³-hybridized carbons (Fsp3) is 0.323. The minimum Gasteiger partial charge on any atom is -0.490 e. The number of hydrogen-bond donors (Lipinski definition) is 1. The Morgan fingerprint density at radius 3 is 2.81 bits per heavy atom. The topological polar surface area (TPSA) is 48.8 Å². The van der Waals surface area contributed by atoms with Gasteiger partial charge in [0.05, 0.1) is 5.52 Å². The van der Waals surface area contributed by atoms with Crippen molar-refractivity contribution < 1.29 is 9.84 Å². The highest BCUT2D eigenvalue weighted by Crippen LogP contribution is 2.35. The molecule has 184 valence electrons. The summed E-state index contributed by atoms with van der Waals surface area (Å²) in [7, 11) is 0. The van der Waals surface area contributed by atoms with Crippen LogP contribution in [0.4, 0.5) is 5.69 Å². The van der Waals surface area contributed by atoms with E-state index in [1.807, 2.05) is 30.3 Å².